The average Bonchev–Trinajstić information content (AvgIpc) is 2.20. The Bertz CT molecular complexity index is 431. The van der Waals surface area contributed by atoms with Gasteiger partial charge in [0.1, 0.15) is 6.54 Å². The van der Waals surface area contributed by atoms with Crippen LogP contribution in [0.1, 0.15) is 15.9 Å². The number of carbonyl (C=O) groups is 2. The smallest absolute Gasteiger partial charge is 0.323 e. The summed E-state index contributed by atoms with van der Waals surface area (Å²) in [5.74, 6) is -1.33. The topological polar surface area (TPSA) is 57.6 Å². The van der Waals surface area contributed by atoms with Crippen molar-refractivity contribution >= 4 is 27.8 Å². The number of aryl methyl sites for hydroxylation is 1. The van der Waals surface area contributed by atoms with Crippen molar-refractivity contribution in [2.75, 3.05) is 13.6 Å². The van der Waals surface area contributed by atoms with Crippen LogP contribution in [-0.2, 0) is 4.79 Å². The molecular formula is C11H12BrNO3. The number of hydrogen-bond donors (Lipinski definition) is 1. The van der Waals surface area contributed by atoms with Crippen LogP contribution in [-0.4, -0.2) is 35.5 Å². The van der Waals surface area contributed by atoms with Crippen molar-refractivity contribution in [1.29, 1.82) is 0 Å². The van der Waals surface area contributed by atoms with Crippen LogP contribution in [0.3, 0.4) is 0 Å². The van der Waals surface area contributed by atoms with Crippen LogP contribution >= 0.6 is 15.9 Å². The minimum absolute atomic E-state index is 0.301. The second kappa shape index (κ2) is 5.12. The van der Waals surface area contributed by atoms with Gasteiger partial charge in [0.15, 0.2) is 0 Å². The molecule has 1 N–H and O–H groups in total. The van der Waals surface area contributed by atoms with Crippen LogP contribution in [0.5, 0.6) is 0 Å². The highest BCUT2D eigenvalue weighted by molar-refractivity contribution is 9.10. The Hall–Kier alpha value is -1.36. The van der Waals surface area contributed by atoms with Gasteiger partial charge in [-0.1, -0.05) is 22.0 Å². The molecule has 0 atom stereocenters. The van der Waals surface area contributed by atoms with Gasteiger partial charge in [-0.2, -0.15) is 0 Å². The van der Waals surface area contributed by atoms with Crippen LogP contribution in [0.2, 0.25) is 0 Å². The van der Waals surface area contributed by atoms with Crippen LogP contribution in [0.15, 0.2) is 22.7 Å². The molecule has 0 aliphatic heterocycles. The molecule has 0 aliphatic carbocycles. The highest BCUT2D eigenvalue weighted by atomic mass is 79.9. The molecule has 16 heavy (non-hydrogen) atoms. The van der Waals surface area contributed by atoms with Crippen molar-refractivity contribution in [3.63, 3.8) is 0 Å². The lowest BCUT2D eigenvalue weighted by molar-refractivity contribution is -0.137. The molecule has 0 bridgehead atoms. The summed E-state index contributed by atoms with van der Waals surface area (Å²) >= 11 is 3.33. The second-order valence-corrected chi connectivity index (χ2v) is 4.37. The predicted octanol–water partition coefficient (Wildman–Crippen LogP) is 1.91. The highest BCUT2D eigenvalue weighted by Gasteiger charge is 2.14. The van der Waals surface area contributed by atoms with Gasteiger partial charge in [-0.25, -0.2) is 0 Å². The molecular weight excluding hydrogens is 274 g/mol. The van der Waals surface area contributed by atoms with Crippen LogP contribution in [0.25, 0.3) is 0 Å². The van der Waals surface area contributed by atoms with Crippen LogP contribution in [0, 0.1) is 6.92 Å². The zero-order valence-corrected chi connectivity index (χ0v) is 10.6. The minimum Gasteiger partial charge on any atom is -0.480 e. The van der Waals surface area contributed by atoms with Crippen molar-refractivity contribution in [1.82, 2.24) is 4.90 Å². The Morgan fingerprint density at radius 2 is 2.06 bits per heavy atom. The fraction of sp³-hybridized carbons (Fsp3) is 0.273. The molecule has 0 aromatic heterocycles. The maximum Gasteiger partial charge on any atom is 0.323 e. The quantitative estimate of drug-likeness (QED) is 0.923. The van der Waals surface area contributed by atoms with E-state index in [1.807, 2.05) is 13.0 Å². The van der Waals surface area contributed by atoms with E-state index in [0.29, 0.717) is 5.56 Å². The average molecular weight is 286 g/mol. The van der Waals surface area contributed by atoms with Gasteiger partial charge in [0.05, 0.1) is 0 Å². The first kappa shape index (κ1) is 12.7. The Balaban J connectivity index is 2.88. The molecule has 1 aromatic carbocycles. The molecule has 0 radical (unpaired) electrons. The summed E-state index contributed by atoms with van der Waals surface area (Å²) in [4.78, 5) is 23.4. The predicted molar refractivity (Wildman–Crippen MR) is 63.5 cm³/mol. The van der Waals surface area contributed by atoms with E-state index >= 15 is 0 Å². The molecule has 5 heteroatoms. The van der Waals surface area contributed by atoms with E-state index < -0.39 is 5.97 Å². The molecule has 1 aromatic rings. The summed E-state index contributed by atoms with van der Waals surface area (Å²) < 4.78 is 0.835. The minimum atomic E-state index is -1.03. The summed E-state index contributed by atoms with van der Waals surface area (Å²) in [5.41, 5.74) is 1.50. The molecule has 0 saturated heterocycles. The van der Waals surface area contributed by atoms with Gasteiger partial charge in [-0.3, -0.25) is 9.59 Å². The molecule has 0 heterocycles. The number of nitrogens with zero attached hydrogens (tertiary/aromatic N) is 1. The van der Waals surface area contributed by atoms with Crippen LogP contribution < -0.4 is 0 Å². The Morgan fingerprint density at radius 1 is 1.44 bits per heavy atom. The molecule has 0 spiro atoms. The normalized spacial score (nSPS) is 9.94. The number of rotatable bonds is 3. The van der Waals surface area contributed by atoms with E-state index in [1.165, 1.54) is 11.9 Å². The Kier molecular flexibility index (Phi) is 4.06. The van der Waals surface area contributed by atoms with Gasteiger partial charge in [0.25, 0.3) is 5.91 Å². The van der Waals surface area contributed by atoms with Gasteiger partial charge in [-0.15, -0.1) is 0 Å². The molecule has 0 fully saturated rings. The number of hydrogen-bond acceptors (Lipinski definition) is 2. The third-order valence-corrected chi connectivity index (χ3v) is 2.99. The number of carboxylic acid groups (broad SMARTS) is 1. The SMILES string of the molecule is Cc1ccc(C(=O)N(C)CC(=O)O)cc1Br. The van der Waals surface area contributed by atoms with Crippen molar-refractivity contribution in [3.8, 4) is 0 Å². The lowest BCUT2D eigenvalue weighted by Crippen LogP contribution is -2.31. The van der Waals surface area contributed by atoms with Crippen molar-refractivity contribution in [2.24, 2.45) is 0 Å². The van der Waals surface area contributed by atoms with Crippen molar-refractivity contribution < 1.29 is 14.7 Å². The first-order valence-electron chi connectivity index (χ1n) is 4.65. The fourth-order valence-corrected chi connectivity index (χ4v) is 1.60. The maximum atomic E-state index is 11.8. The van der Waals surface area contributed by atoms with Gasteiger partial charge >= 0.3 is 5.97 Å². The fourth-order valence-electron chi connectivity index (χ4n) is 1.22. The van der Waals surface area contributed by atoms with Gasteiger partial charge in [0.2, 0.25) is 0 Å². The summed E-state index contributed by atoms with van der Waals surface area (Å²) in [6.45, 7) is 1.61. The van der Waals surface area contributed by atoms with E-state index in [2.05, 4.69) is 15.9 Å². The Morgan fingerprint density at radius 3 is 2.56 bits per heavy atom. The summed E-state index contributed by atoms with van der Waals surface area (Å²) in [7, 11) is 1.46. The molecule has 0 saturated carbocycles. The number of aliphatic carboxylic acids is 1. The third kappa shape index (κ3) is 3.06. The van der Waals surface area contributed by atoms with Crippen LogP contribution in [0.4, 0.5) is 0 Å². The monoisotopic (exact) mass is 285 g/mol. The Labute approximate surface area is 102 Å². The number of carbonyl (C=O) groups excluding carboxylic acids is 1. The molecule has 0 aliphatic rings. The summed E-state index contributed by atoms with van der Waals surface area (Å²) in [6, 6.07) is 5.18. The summed E-state index contributed by atoms with van der Waals surface area (Å²) in [5, 5.41) is 8.58. The first-order valence-corrected chi connectivity index (χ1v) is 5.44. The zero-order chi connectivity index (χ0) is 12.3. The van der Waals surface area contributed by atoms with Gasteiger partial charge < -0.3 is 10.0 Å². The maximum absolute atomic E-state index is 11.8. The van der Waals surface area contributed by atoms with E-state index in [4.69, 9.17) is 5.11 Å². The standard InChI is InChI=1S/C11H12BrNO3/c1-7-3-4-8(5-9(7)12)11(16)13(2)6-10(14)15/h3-5H,6H2,1-2H3,(H,14,15). The number of carboxylic acids is 1. The number of likely N-dealkylation sites (N-methyl/N-ethyl adjacent to an activating group) is 1. The van der Waals surface area contributed by atoms with Gasteiger partial charge in [0, 0.05) is 17.1 Å². The largest absolute Gasteiger partial charge is 0.480 e. The van der Waals surface area contributed by atoms with E-state index in [1.54, 1.807) is 12.1 Å². The first-order chi connectivity index (χ1) is 7.41. The molecule has 4 nitrogen and oxygen atoms in total. The van der Waals surface area contributed by atoms with E-state index in [0.717, 1.165) is 10.0 Å². The summed E-state index contributed by atoms with van der Waals surface area (Å²) in [6.07, 6.45) is 0. The van der Waals surface area contributed by atoms with Crippen molar-refractivity contribution in [2.45, 2.75) is 6.92 Å². The second-order valence-electron chi connectivity index (χ2n) is 3.52. The van der Waals surface area contributed by atoms with E-state index in [-0.39, 0.29) is 12.5 Å². The molecule has 1 rings (SSSR count). The molecule has 0 unspecified atom stereocenters. The lowest BCUT2D eigenvalue weighted by Gasteiger charge is -2.14. The van der Waals surface area contributed by atoms with Crippen molar-refractivity contribution in [3.05, 3.63) is 33.8 Å². The highest BCUT2D eigenvalue weighted by Crippen LogP contribution is 2.18. The number of benzene rings is 1. The number of halogens is 1. The number of amides is 1. The van der Waals surface area contributed by atoms with E-state index in [9.17, 15) is 9.59 Å². The molecule has 1 amide bonds. The molecule has 86 valence electrons. The zero-order valence-electron chi connectivity index (χ0n) is 9.03. The van der Waals surface area contributed by atoms with Gasteiger partial charge in [-0.05, 0) is 24.6 Å². The third-order valence-electron chi connectivity index (χ3n) is 2.14. The lowest BCUT2D eigenvalue weighted by atomic mass is 10.1.